The van der Waals surface area contributed by atoms with Crippen LogP contribution in [0, 0.1) is 0 Å². The molecule has 2 aromatic rings. The van der Waals surface area contributed by atoms with E-state index in [9.17, 15) is 4.79 Å². The van der Waals surface area contributed by atoms with Crippen molar-refractivity contribution in [3.05, 3.63) is 54.1 Å². The Labute approximate surface area is 124 Å². The van der Waals surface area contributed by atoms with Crippen LogP contribution in [0.1, 0.15) is 55.2 Å². The number of ether oxygens (including phenoxy) is 1. The van der Waals surface area contributed by atoms with Gasteiger partial charge in [0.05, 0.1) is 18.6 Å². The molecule has 0 N–H and O–H groups in total. The van der Waals surface area contributed by atoms with E-state index in [4.69, 9.17) is 4.74 Å². The molecule has 4 nitrogen and oxygen atoms in total. The minimum absolute atomic E-state index is 0.0467. The summed E-state index contributed by atoms with van der Waals surface area (Å²) < 4.78 is 7.52. The van der Waals surface area contributed by atoms with E-state index in [-0.39, 0.29) is 17.6 Å². The van der Waals surface area contributed by atoms with E-state index in [1.54, 1.807) is 12.5 Å². The summed E-state index contributed by atoms with van der Waals surface area (Å²) in [6.45, 7) is 4.05. The van der Waals surface area contributed by atoms with E-state index < -0.39 is 0 Å². The molecule has 1 aliphatic carbocycles. The normalized spacial score (nSPS) is 17.8. The summed E-state index contributed by atoms with van der Waals surface area (Å²) in [5.74, 6) is -0.280. The van der Waals surface area contributed by atoms with Gasteiger partial charge in [-0.1, -0.05) is 30.3 Å². The molecule has 0 bridgehead atoms. The number of benzene rings is 1. The molecule has 0 spiro atoms. The molecule has 1 aromatic carbocycles. The predicted molar refractivity (Wildman–Crippen MR) is 80.2 cm³/mol. The van der Waals surface area contributed by atoms with E-state index in [0.29, 0.717) is 5.69 Å². The molecule has 1 aliphatic rings. The van der Waals surface area contributed by atoms with Gasteiger partial charge in [0.25, 0.3) is 0 Å². The molecule has 1 heterocycles. The summed E-state index contributed by atoms with van der Waals surface area (Å²) in [5, 5.41) is 0. The number of esters is 1. The Bertz CT molecular complexity index is 629. The third kappa shape index (κ3) is 2.71. The molecule has 0 aliphatic heterocycles. The Morgan fingerprint density at radius 2 is 2.05 bits per heavy atom. The molecule has 1 saturated carbocycles. The van der Waals surface area contributed by atoms with Gasteiger partial charge in [-0.25, -0.2) is 9.78 Å². The van der Waals surface area contributed by atoms with Crippen LogP contribution >= 0.6 is 0 Å². The highest BCUT2D eigenvalue weighted by molar-refractivity contribution is 5.87. The van der Waals surface area contributed by atoms with Gasteiger partial charge in [-0.2, -0.15) is 0 Å². The second-order valence-corrected chi connectivity index (χ2v) is 5.97. The summed E-state index contributed by atoms with van der Waals surface area (Å²) in [6.07, 6.45) is 6.30. The molecule has 3 rings (SSSR count). The fourth-order valence-corrected chi connectivity index (χ4v) is 2.72. The summed E-state index contributed by atoms with van der Waals surface area (Å²) in [5.41, 5.74) is 1.36. The zero-order valence-electron chi connectivity index (χ0n) is 12.5. The lowest BCUT2D eigenvalue weighted by Gasteiger charge is -2.37. The molecular weight excluding hydrogens is 264 g/mol. The highest BCUT2D eigenvalue weighted by Crippen LogP contribution is 2.35. The lowest BCUT2D eigenvalue weighted by Crippen LogP contribution is -2.39. The van der Waals surface area contributed by atoms with Crippen LogP contribution in [-0.2, 0) is 4.74 Å². The van der Waals surface area contributed by atoms with E-state index in [1.165, 1.54) is 0 Å². The first kappa shape index (κ1) is 13.9. The highest BCUT2D eigenvalue weighted by Gasteiger charge is 2.36. The fourth-order valence-electron chi connectivity index (χ4n) is 2.72. The van der Waals surface area contributed by atoms with Crippen LogP contribution in [0.15, 0.2) is 42.9 Å². The standard InChI is InChI=1S/C17H20N2O2/c1-13(14-7-4-3-5-8-14)19-12-18-11-15(19)16(20)21-17(2)9-6-10-17/h3-5,7-8,11-13H,6,9-10H2,1-2H3/t13-/m1/s1. The fraction of sp³-hybridized carbons (Fsp3) is 0.412. The van der Waals surface area contributed by atoms with Crippen LogP contribution in [0.4, 0.5) is 0 Å². The van der Waals surface area contributed by atoms with Crippen molar-refractivity contribution in [2.45, 2.75) is 44.8 Å². The van der Waals surface area contributed by atoms with Crippen molar-refractivity contribution >= 4 is 5.97 Å². The van der Waals surface area contributed by atoms with Gasteiger partial charge in [-0.3, -0.25) is 0 Å². The van der Waals surface area contributed by atoms with Crippen LogP contribution in [-0.4, -0.2) is 21.1 Å². The van der Waals surface area contributed by atoms with E-state index >= 15 is 0 Å². The first-order valence-electron chi connectivity index (χ1n) is 7.39. The lowest BCUT2D eigenvalue weighted by molar-refractivity contribution is -0.0507. The molecule has 0 unspecified atom stereocenters. The van der Waals surface area contributed by atoms with Crippen LogP contribution < -0.4 is 0 Å². The second kappa shape index (κ2) is 5.35. The molecule has 1 aromatic heterocycles. The molecular formula is C17H20N2O2. The maximum atomic E-state index is 12.4. The third-order valence-electron chi connectivity index (χ3n) is 4.32. The number of rotatable bonds is 4. The summed E-state index contributed by atoms with van der Waals surface area (Å²) in [7, 11) is 0. The predicted octanol–water partition coefficient (Wildman–Crippen LogP) is 3.59. The molecule has 0 saturated heterocycles. The quantitative estimate of drug-likeness (QED) is 0.806. The first-order chi connectivity index (χ1) is 10.1. The number of hydrogen-bond donors (Lipinski definition) is 0. The van der Waals surface area contributed by atoms with E-state index in [2.05, 4.69) is 11.9 Å². The molecule has 0 radical (unpaired) electrons. The van der Waals surface area contributed by atoms with Crippen LogP contribution in [0.3, 0.4) is 0 Å². The largest absolute Gasteiger partial charge is 0.455 e. The van der Waals surface area contributed by atoms with Gasteiger partial charge < -0.3 is 9.30 Å². The van der Waals surface area contributed by atoms with Gasteiger partial charge in [-0.15, -0.1) is 0 Å². The van der Waals surface area contributed by atoms with E-state index in [0.717, 1.165) is 24.8 Å². The van der Waals surface area contributed by atoms with Gasteiger partial charge >= 0.3 is 5.97 Å². The number of carbonyl (C=O) groups is 1. The third-order valence-corrected chi connectivity index (χ3v) is 4.32. The topological polar surface area (TPSA) is 44.1 Å². The van der Waals surface area contributed by atoms with Gasteiger partial charge in [0.15, 0.2) is 0 Å². The monoisotopic (exact) mass is 284 g/mol. The van der Waals surface area contributed by atoms with E-state index in [1.807, 2.05) is 41.8 Å². The maximum Gasteiger partial charge on any atom is 0.357 e. The minimum atomic E-state index is -0.290. The summed E-state index contributed by atoms with van der Waals surface area (Å²) >= 11 is 0. The molecule has 1 atom stereocenters. The molecule has 0 amide bonds. The van der Waals surface area contributed by atoms with Gasteiger partial charge in [0.2, 0.25) is 0 Å². The SMILES string of the molecule is C[C@H](c1ccccc1)n1cncc1C(=O)OC1(C)CCC1. The minimum Gasteiger partial charge on any atom is -0.455 e. The molecule has 1 fully saturated rings. The van der Waals surface area contributed by atoms with Crippen molar-refractivity contribution in [2.75, 3.05) is 0 Å². The Morgan fingerprint density at radius 3 is 2.67 bits per heavy atom. The number of imidazole rings is 1. The average molecular weight is 284 g/mol. The van der Waals surface area contributed by atoms with Gasteiger partial charge in [0, 0.05) is 0 Å². The van der Waals surface area contributed by atoms with Gasteiger partial charge in [-0.05, 0) is 38.7 Å². The van der Waals surface area contributed by atoms with Crippen molar-refractivity contribution < 1.29 is 9.53 Å². The molecule has 21 heavy (non-hydrogen) atoms. The van der Waals surface area contributed by atoms with Crippen molar-refractivity contribution in [1.82, 2.24) is 9.55 Å². The zero-order chi connectivity index (χ0) is 14.9. The van der Waals surface area contributed by atoms with Crippen molar-refractivity contribution in [3.63, 3.8) is 0 Å². The first-order valence-corrected chi connectivity index (χ1v) is 7.39. The smallest absolute Gasteiger partial charge is 0.357 e. The Hall–Kier alpha value is -2.10. The van der Waals surface area contributed by atoms with Crippen LogP contribution in [0.25, 0.3) is 0 Å². The Morgan fingerprint density at radius 1 is 1.33 bits per heavy atom. The molecule has 110 valence electrons. The number of carbonyl (C=O) groups excluding carboxylic acids is 1. The highest BCUT2D eigenvalue weighted by atomic mass is 16.6. The van der Waals surface area contributed by atoms with Crippen molar-refractivity contribution in [1.29, 1.82) is 0 Å². The Kier molecular flexibility index (Phi) is 3.53. The summed E-state index contributed by atoms with van der Waals surface area (Å²) in [4.78, 5) is 16.5. The number of nitrogens with zero attached hydrogens (tertiary/aromatic N) is 2. The van der Waals surface area contributed by atoms with Crippen LogP contribution in [0.2, 0.25) is 0 Å². The van der Waals surface area contributed by atoms with Crippen LogP contribution in [0.5, 0.6) is 0 Å². The maximum absolute atomic E-state index is 12.4. The second-order valence-electron chi connectivity index (χ2n) is 5.97. The lowest BCUT2D eigenvalue weighted by atomic mass is 9.82. The number of aromatic nitrogens is 2. The Balaban J connectivity index is 1.82. The molecule has 4 heteroatoms. The van der Waals surface area contributed by atoms with Gasteiger partial charge in [0.1, 0.15) is 11.3 Å². The van der Waals surface area contributed by atoms with Crippen molar-refractivity contribution in [2.24, 2.45) is 0 Å². The number of hydrogen-bond acceptors (Lipinski definition) is 3. The summed E-state index contributed by atoms with van der Waals surface area (Å²) in [6, 6.07) is 10.1. The zero-order valence-corrected chi connectivity index (χ0v) is 12.5. The van der Waals surface area contributed by atoms with Crippen molar-refractivity contribution in [3.8, 4) is 0 Å². The average Bonchev–Trinajstić information content (AvgIpc) is 2.95.